The van der Waals surface area contributed by atoms with Crippen LogP contribution in [0.3, 0.4) is 0 Å². The standard InChI is InChI=1S/C14H15ClN2O/c1-9-13(10(2)18)8-16-14(17-9)7-11-4-3-5-12(15)6-11/h3-6,8,10,18H,7H2,1-2H3. The second-order valence-corrected chi connectivity index (χ2v) is 4.75. The molecule has 0 aliphatic heterocycles. The molecule has 1 heterocycles. The van der Waals surface area contributed by atoms with E-state index in [1.165, 1.54) is 0 Å². The Labute approximate surface area is 111 Å². The molecule has 4 heteroatoms. The van der Waals surface area contributed by atoms with Gasteiger partial charge in [0.2, 0.25) is 0 Å². The van der Waals surface area contributed by atoms with Gasteiger partial charge in [0.05, 0.1) is 6.10 Å². The Bertz CT molecular complexity index is 555. The van der Waals surface area contributed by atoms with E-state index < -0.39 is 6.10 Å². The summed E-state index contributed by atoms with van der Waals surface area (Å²) in [6, 6.07) is 7.65. The molecule has 1 aromatic carbocycles. The first-order valence-electron chi connectivity index (χ1n) is 5.81. The molecule has 0 radical (unpaired) electrons. The van der Waals surface area contributed by atoms with Gasteiger partial charge in [-0.1, -0.05) is 23.7 Å². The first-order chi connectivity index (χ1) is 8.56. The van der Waals surface area contributed by atoms with Crippen LogP contribution >= 0.6 is 11.6 Å². The number of aromatic nitrogens is 2. The molecule has 0 saturated heterocycles. The van der Waals surface area contributed by atoms with Gasteiger partial charge in [0.15, 0.2) is 0 Å². The van der Waals surface area contributed by atoms with Gasteiger partial charge >= 0.3 is 0 Å². The molecule has 0 amide bonds. The molecule has 1 N–H and O–H groups in total. The summed E-state index contributed by atoms with van der Waals surface area (Å²) in [6.07, 6.45) is 1.79. The summed E-state index contributed by atoms with van der Waals surface area (Å²) in [5.41, 5.74) is 2.66. The molecule has 1 aromatic heterocycles. The Kier molecular flexibility index (Phi) is 3.94. The topological polar surface area (TPSA) is 46.0 Å². The van der Waals surface area contributed by atoms with Crippen LogP contribution in [0.1, 0.15) is 35.7 Å². The number of halogens is 1. The van der Waals surface area contributed by atoms with Crippen molar-refractivity contribution in [1.82, 2.24) is 9.97 Å². The van der Waals surface area contributed by atoms with Gasteiger partial charge in [0.1, 0.15) is 5.82 Å². The molecule has 2 aromatic rings. The maximum Gasteiger partial charge on any atom is 0.132 e. The third-order valence-corrected chi connectivity index (χ3v) is 3.00. The second-order valence-electron chi connectivity index (χ2n) is 4.31. The van der Waals surface area contributed by atoms with Gasteiger partial charge in [-0.2, -0.15) is 0 Å². The fraction of sp³-hybridized carbons (Fsp3) is 0.286. The maximum atomic E-state index is 9.52. The van der Waals surface area contributed by atoms with Crippen molar-refractivity contribution in [1.29, 1.82) is 0 Å². The minimum Gasteiger partial charge on any atom is -0.389 e. The summed E-state index contributed by atoms with van der Waals surface area (Å²) < 4.78 is 0. The second kappa shape index (κ2) is 5.46. The Morgan fingerprint density at radius 1 is 1.39 bits per heavy atom. The van der Waals surface area contributed by atoms with Crippen LogP contribution in [0.4, 0.5) is 0 Å². The highest BCUT2D eigenvalue weighted by atomic mass is 35.5. The Morgan fingerprint density at radius 3 is 2.78 bits per heavy atom. The van der Waals surface area contributed by atoms with Crippen molar-refractivity contribution >= 4 is 11.6 Å². The summed E-state index contributed by atoms with van der Waals surface area (Å²) in [5, 5.41) is 10.2. The smallest absolute Gasteiger partial charge is 0.132 e. The van der Waals surface area contributed by atoms with Crippen molar-refractivity contribution < 1.29 is 5.11 Å². The third-order valence-electron chi connectivity index (χ3n) is 2.77. The largest absolute Gasteiger partial charge is 0.389 e. The Hall–Kier alpha value is -1.45. The van der Waals surface area contributed by atoms with E-state index in [1.54, 1.807) is 13.1 Å². The van der Waals surface area contributed by atoms with Crippen molar-refractivity contribution in [3.8, 4) is 0 Å². The number of aliphatic hydroxyl groups is 1. The highest BCUT2D eigenvalue weighted by molar-refractivity contribution is 6.30. The van der Waals surface area contributed by atoms with E-state index in [0.717, 1.165) is 22.6 Å². The first kappa shape index (κ1) is 13.0. The number of nitrogens with zero attached hydrogens (tertiary/aromatic N) is 2. The molecule has 2 rings (SSSR count). The quantitative estimate of drug-likeness (QED) is 0.925. The monoisotopic (exact) mass is 262 g/mol. The maximum absolute atomic E-state index is 9.52. The van der Waals surface area contributed by atoms with E-state index in [1.807, 2.05) is 31.2 Å². The zero-order chi connectivity index (χ0) is 13.1. The van der Waals surface area contributed by atoms with Crippen LogP contribution in [0.15, 0.2) is 30.5 Å². The van der Waals surface area contributed by atoms with Crippen LogP contribution < -0.4 is 0 Å². The van der Waals surface area contributed by atoms with Crippen molar-refractivity contribution in [3.05, 3.63) is 58.1 Å². The van der Waals surface area contributed by atoms with Crippen molar-refractivity contribution in [3.63, 3.8) is 0 Å². The van der Waals surface area contributed by atoms with Gasteiger partial charge in [0.25, 0.3) is 0 Å². The van der Waals surface area contributed by atoms with E-state index >= 15 is 0 Å². The van der Waals surface area contributed by atoms with Crippen molar-refractivity contribution in [2.24, 2.45) is 0 Å². The molecular weight excluding hydrogens is 248 g/mol. The molecule has 0 aliphatic carbocycles. The molecule has 0 bridgehead atoms. The molecule has 94 valence electrons. The molecule has 0 spiro atoms. The Morgan fingerprint density at radius 2 is 2.17 bits per heavy atom. The highest BCUT2D eigenvalue weighted by Gasteiger charge is 2.08. The van der Waals surface area contributed by atoms with Gasteiger partial charge < -0.3 is 5.11 Å². The summed E-state index contributed by atoms with van der Waals surface area (Å²) in [5.74, 6) is 0.735. The minimum atomic E-state index is -0.537. The van der Waals surface area contributed by atoms with Gasteiger partial charge in [0, 0.05) is 28.9 Å². The zero-order valence-corrected chi connectivity index (χ0v) is 11.1. The lowest BCUT2D eigenvalue weighted by Gasteiger charge is -2.09. The van der Waals surface area contributed by atoms with Crippen molar-refractivity contribution in [2.45, 2.75) is 26.4 Å². The molecule has 0 aliphatic rings. The lowest BCUT2D eigenvalue weighted by atomic mass is 10.1. The SMILES string of the molecule is Cc1nc(Cc2cccc(Cl)c2)ncc1C(C)O. The van der Waals surface area contributed by atoms with Gasteiger partial charge in [-0.15, -0.1) is 0 Å². The van der Waals surface area contributed by atoms with Crippen LogP contribution in [0.2, 0.25) is 5.02 Å². The summed E-state index contributed by atoms with van der Waals surface area (Å²) >= 11 is 5.94. The number of aliphatic hydroxyl groups excluding tert-OH is 1. The number of rotatable bonds is 3. The number of hydrogen-bond donors (Lipinski definition) is 1. The first-order valence-corrected chi connectivity index (χ1v) is 6.19. The lowest BCUT2D eigenvalue weighted by Crippen LogP contribution is -2.04. The van der Waals surface area contributed by atoms with E-state index in [0.29, 0.717) is 11.4 Å². The lowest BCUT2D eigenvalue weighted by molar-refractivity contribution is 0.197. The van der Waals surface area contributed by atoms with Crippen LogP contribution in [0.5, 0.6) is 0 Å². The summed E-state index contributed by atoms with van der Waals surface area (Å²) in [7, 11) is 0. The highest BCUT2D eigenvalue weighted by Crippen LogP contribution is 2.16. The number of benzene rings is 1. The Balaban J connectivity index is 2.23. The normalized spacial score (nSPS) is 12.4. The van der Waals surface area contributed by atoms with E-state index in [9.17, 15) is 5.11 Å². The van der Waals surface area contributed by atoms with Crippen LogP contribution in [0.25, 0.3) is 0 Å². The number of aryl methyl sites for hydroxylation is 1. The van der Waals surface area contributed by atoms with E-state index in [2.05, 4.69) is 9.97 Å². The summed E-state index contributed by atoms with van der Waals surface area (Å²) in [6.45, 7) is 3.59. The molecule has 3 nitrogen and oxygen atoms in total. The predicted octanol–water partition coefficient (Wildman–Crippen LogP) is 3.08. The van der Waals surface area contributed by atoms with Crippen LogP contribution in [-0.4, -0.2) is 15.1 Å². The minimum absolute atomic E-state index is 0.537. The van der Waals surface area contributed by atoms with E-state index in [-0.39, 0.29) is 0 Å². The van der Waals surface area contributed by atoms with Crippen molar-refractivity contribution in [2.75, 3.05) is 0 Å². The van der Waals surface area contributed by atoms with Gasteiger partial charge in [-0.3, -0.25) is 0 Å². The van der Waals surface area contributed by atoms with Crippen LogP contribution in [0, 0.1) is 6.92 Å². The third kappa shape index (κ3) is 3.06. The molecule has 0 fully saturated rings. The van der Waals surface area contributed by atoms with E-state index in [4.69, 9.17) is 11.6 Å². The zero-order valence-electron chi connectivity index (χ0n) is 10.4. The van der Waals surface area contributed by atoms with Gasteiger partial charge in [-0.25, -0.2) is 9.97 Å². The number of hydrogen-bond acceptors (Lipinski definition) is 3. The molecular formula is C14H15ClN2O. The summed E-state index contributed by atoms with van der Waals surface area (Å²) in [4.78, 5) is 8.68. The fourth-order valence-corrected chi connectivity index (χ4v) is 2.06. The van der Waals surface area contributed by atoms with Gasteiger partial charge in [-0.05, 0) is 31.5 Å². The average molecular weight is 263 g/mol. The fourth-order valence-electron chi connectivity index (χ4n) is 1.85. The molecule has 1 atom stereocenters. The molecule has 18 heavy (non-hydrogen) atoms. The molecule has 1 unspecified atom stereocenters. The molecule has 0 saturated carbocycles. The average Bonchev–Trinajstić information content (AvgIpc) is 2.28. The predicted molar refractivity (Wildman–Crippen MR) is 71.7 cm³/mol. The van der Waals surface area contributed by atoms with Crippen LogP contribution in [-0.2, 0) is 6.42 Å².